The summed E-state index contributed by atoms with van der Waals surface area (Å²) in [6, 6.07) is 18.8. The van der Waals surface area contributed by atoms with E-state index in [1.165, 1.54) is 30.6 Å². The average Bonchev–Trinajstić information content (AvgIpc) is 3.61. The Balaban J connectivity index is 0.000000190. The van der Waals surface area contributed by atoms with Crippen LogP contribution in [-0.2, 0) is 13.5 Å². The van der Waals surface area contributed by atoms with E-state index in [2.05, 4.69) is 82.5 Å². The third kappa shape index (κ3) is 4.98. The number of hydrogen-bond donors (Lipinski definition) is 2. The van der Waals surface area contributed by atoms with Crippen molar-refractivity contribution in [2.45, 2.75) is 13.3 Å². The van der Waals surface area contributed by atoms with Crippen LogP contribution >= 0.6 is 11.3 Å². The molecule has 9 heteroatoms. The van der Waals surface area contributed by atoms with Crippen LogP contribution in [0.25, 0.3) is 26.9 Å². The summed E-state index contributed by atoms with van der Waals surface area (Å²) in [5.41, 5.74) is 15.8. The van der Waals surface area contributed by atoms with Crippen LogP contribution in [0.5, 0.6) is 0 Å². The van der Waals surface area contributed by atoms with Crippen LogP contribution in [0.4, 0.5) is 5.82 Å². The second kappa shape index (κ2) is 10.6. The van der Waals surface area contributed by atoms with Crippen LogP contribution in [0.2, 0.25) is 0 Å². The van der Waals surface area contributed by atoms with Gasteiger partial charge in [-0.25, -0.2) is 9.50 Å². The van der Waals surface area contributed by atoms with Crippen molar-refractivity contribution in [3.63, 3.8) is 0 Å². The van der Waals surface area contributed by atoms with Gasteiger partial charge in [-0.15, -0.1) is 16.4 Å². The van der Waals surface area contributed by atoms with Gasteiger partial charge in [-0.1, -0.05) is 49.1 Å². The van der Waals surface area contributed by atoms with Crippen molar-refractivity contribution in [2.24, 2.45) is 12.8 Å². The molecule has 6 rings (SSSR count). The van der Waals surface area contributed by atoms with Gasteiger partial charge in [-0.05, 0) is 36.2 Å². The lowest BCUT2D eigenvalue weighted by Gasteiger charge is -2.03. The predicted octanol–water partition coefficient (Wildman–Crippen LogP) is 4.67. The largest absolute Gasteiger partial charge is 0.381 e. The predicted molar refractivity (Wildman–Crippen MR) is 152 cm³/mol. The number of nitrogens with zero attached hydrogens (tertiary/aromatic N) is 5. The molecule has 0 aliphatic heterocycles. The fourth-order valence-corrected chi connectivity index (χ4v) is 5.31. The molecule has 38 heavy (non-hydrogen) atoms. The highest BCUT2D eigenvalue weighted by atomic mass is 32.1. The maximum absolute atomic E-state index is 10.9. The van der Waals surface area contributed by atoms with Gasteiger partial charge in [0.15, 0.2) is 11.5 Å². The third-order valence-corrected chi connectivity index (χ3v) is 7.18. The number of rotatable bonds is 3. The van der Waals surface area contributed by atoms with E-state index in [4.69, 9.17) is 11.5 Å². The van der Waals surface area contributed by atoms with Gasteiger partial charge in [0.05, 0.1) is 11.8 Å². The molecule has 0 aliphatic rings. The molecule has 188 valence electrons. The number of benzene rings is 2. The summed E-state index contributed by atoms with van der Waals surface area (Å²) in [5, 5.41) is 9.33. The summed E-state index contributed by atoms with van der Waals surface area (Å²) in [6.45, 7) is 2.22. The fraction of sp³-hybridized carbons (Fsp3) is 0.103. The topological polar surface area (TPSA) is 117 Å². The summed E-state index contributed by atoms with van der Waals surface area (Å²) in [6.07, 6.45) is 7.95. The summed E-state index contributed by atoms with van der Waals surface area (Å²) in [5.74, 6) is 5.95. The molecular formula is C29H25N7OS. The molecule has 8 nitrogen and oxygen atoms in total. The van der Waals surface area contributed by atoms with Gasteiger partial charge in [0.2, 0.25) is 0 Å². The maximum Gasteiger partial charge on any atom is 0.256 e. The number of anilines is 1. The molecule has 0 fully saturated rings. The first-order valence-electron chi connectivity index (χ1n) is 11.9. The van der Waals surface area contributed by atoms with Gasteiger partial charge >= 0.3 is 0 Å². The van der Waals surface area contributed by atoms with Crippen LogP contribution in [0.15, 0.2) is 79.4 Å². The van der Waals surface area contributed by atoms with Crippen molar-refractivity contribution in [3.8, 4) is 23.0 Å². The van der Waals surface area contributed by atoms with Gasteiger partial charge in [0.25, 0.3) is 5.91 Å². The SMILES string of the molecule is CCc1sc2ccc(C#Cc3cnn(C)c3)cc2c1-c1ccccc1.NC(=O)c1c(N)nn2cccnc12. The number of nitrogens with two attached hydrogens (primary N) is 2. The summed E-state index contributed by atoms with van der Waals surface area (Å²) in [4.78, 5) is 16.3. The van der Waals surface area contributed by atoms with E-state index in [1.54, 1.807) is 29.3 Å². The van der Waals surface area contributed by atoms with Gasteiger partial charge < -0.3 is 11.5 Å². The monoisotopic (exact) mass is 519 g/mol. The number of hydrogen-bond acceptors (Lipinski definition) is 6. The number of thiophene rings is 1. The van der Waals surface area contributed by atoms with Gasteiger partial charge in [0.1, 0.15) is 5.56 Å². The molecule has 0 bridgehead atoms. The van der Waals surface area contributed by atoms with Gasteiger partial charge in [-0.3, -0.25) is 9.48 Å². The summed E-state index contributed by atoms with van der Waals surface area (Å²) < 4.78 is 4.50. The highest BCUT2D eigenvalue weighted by Crippen LogP contribution is 2.39. The zero-order valence-corrected chi connectivity index (χ0v) is 21.7. The highest BCUT2D eigenvalue weighted by Gasteiger charge is 2.15. The molecule has 4 aromatic heterocycles. The number of aromatic nitrogens is 5. The van der Waals surface area contributed by atoms with E-state index in [0.717, 1.165) is 17.5 Å². The van der Waals surface area contributed by atoms with Crippen LogP contribution in [0.3, 0.4) is 0 Å². The first-order chi connectivity index (χ1) is 18.4. The van der Waals surface area contributed by atoms with Crippen molar-refractivity contribution < 1.29 is 4.79 Å². The van der Waals surface area contributed by atoms with Crippen molar-refractivity contribution in [1.29, 1.82) is 0 Å². The van der Waals surface area contributed by atoms with Gasteiger partial charge in [0, 0.05) is 51.7 Å². The van der Waals surface area contributed by atoms with Crippen molar-refractivity contribution in [3.05, 3.63) is 101 Å². The van der Waals surface area contributed by atoms with E-state index in [1.807, 2.05) is 24.6 Å². The molecule has 0 atom stereocenters. The molecule has 6 aromatic rings. The number of aryl methyl sites for hydroxylation is 2. The quantitative estimate of drug-likeness (QED) is 0.330. The van der Waals surface area contributed by atoms with E-state index in [-0.39, 0.29) is 11.4 Å². The van der Waals surface area contributed by atoms with Crippen LogP contribution in [0.1, 0.15) is 33.3 Å². The fourth-order valence-electron chi connectivity index (χ4n) is 4.17. The zero-order chi connectivity index (χ0) is 26.6. The molecule has 4 heterocycles. The standard InChI is InChI=1S/C22H18N2S.C7H7N5O/c1-3-20-22(18-7-5-4-6-8-18)19-13-16(11-12-21(19)25-20)9-10-17-14-23-24(2)15-17;8-5-4(6(9)13)7-10-2-1-3-12(7)11-5/h4-8,11-15H,3H2,1-2H3;1-3H,(H2,8,11)(H2,9,13). The van der Waals surface area contributed by atoms with Crippen LogP contribution in [0, 0.1) is 11.8 Å². The minimum atomic E-state index is -0.619. The molecule has 0 aliphatic carbocycles. The van der Waals surface area contributed by atoms with Crippen LogP contribution < -0.4 is 11.5 Å². The number of fused-ring (bicyclic) bond motifs is 2. The van der Waals surface area contributed by atoms with E-state index in [0.29, 0.717) is 5.65 Å². The van der Waals surface area contributed by atoms with E-state index < -0.39 is 5.91 Å². The minimum Gasteiger partial charge on any atom is -0.381 e. The highest BCUT2D eigenvalue weighted by molar-refractivity contribution is 7.19. The Bertz CT molecular complexity index is 1820. The smallest absolute Gasteiger partial charge is 0.256 e. The average molecular weight is 520 g/mol. The molecular weight excluding hydrogens is 494 g/mol. The Hall–Kier alpha value is -4.94. The Kier molecular flexibility index (Phi) is 6.89. The van der Waals surface area contributed by atoms with Crippen LogP contribution in [-0.4, -0.2) is 30.3 Å². The van der Waals surface area contributed by atoms with Crippen molar-refractivity contribution in [1.82, 2.24) is 24.4 Å². The molecule has 0 radical (unpaired) electrons. The van der Waals surface area contributed by atoms with Crippen molar-refractivity contribution in [2.75, 3.05) is 5.73 Å². The second-order valence-electron chi connectivity index (χ2n) is 8.50. The zero-order valence-electron chi connectivity index (χ0n) is 20.9. The number of nitrogen functional groups attached to an aromatic ring is 1. The first kappa shape index (κ1) is 24.7. The molecule has 0 saturated heterocycles. The minimum absolute atomic E-state index is 0.103. The maximum atomic E-state index is 10.9. The number of primary amides is 1. The summed E-state index contributed by atoms with van der Waals surface area (Å²) in [7, 11) is 1.90. The van der Waals surface area contributed by atoms with Crippen molar-refractivity contribution >= 4 is 38.8 Å². The van der Waals surface area contributed by atoms with E-state index >= 15 is 0 Å². The number of carbonyl (C=O) groups excluding carboxylic acids is 1. The third-order valence-electron chi connectivity index (χ3n) is 5.87. The molecule has 4 N–H and O–H groups in total. The second-order valence-corrected chi connectivity index (χ2v) is 9.63. The Morgan fingerprint density at radius 1 is 1.08 bits per heavy atom. The Morgan fingerprint density at radius 2 is 1.87 bits per heavy atom. The molecule has 0 saturated carbocycles. The first-order valence-corrected chi connectivity index (χ1v) is 12.8. The Labute approximate surface area is 223 Å². The van der Waals surface area contributed by atoms with E-state index in [9.17, 15) is 4.79 Å². The number of amides is 1. The summed E-state index contributed by atoms with van der Waals surface area (Å²) >= 11 is 1.88. The lowest BCUT2D eigenvalue weighted by Crippen LogP contribution is -2.12. The molecule has 2 aromatic carbocycles. The normalized spacial score (nSPS) is 10.6. The lowest BCUT2D eigenvalue weighted by atomic mass is 10.00. The van der Waals surface area contributed by atoms with Gasteiger partial charge in [-0.2, -0.15) is 5.10 Å². The number of carbonyl (C=O) groups is 1. The molecule has 1 amide bonds. The lowest BCUT2D eigenvalue weighted by molar-refractivity contribution is 0.100. The molecule has 0 unspecified atom stereocenters. The molecule has 0 spiro atoms. The Morgan fingerprint density at radius 3 is 2.58 bits per heavy atom.